The Bertz CT molecular complexity index is 597. The van der Waals surface area contributed by atoms with Gasteiger partial charge in [0, 0.05) is 24.5 Å². The Kier molecular flexibility index (Phi) is 3.71. The zero-order chi connectivity index (χ0) is 13.0. The van der Waals surface area contributed by atoms with Crippen molar-refractivity contribution in [1.29, 1.82) is 5.26 Å². The summed E-state index contributed by atoms with van der Waals surface area (Å²) in [6, 6.07) is 10.3. The van der Waals surface area contributed by atoms with Crippen molar-refractivity contribution in [3.63, 3.8) is 0 Å². The summed E-state index contributed by atoms with van der Waals surface area (Å²) in [6.45, 7) is 2.90. The Balaban J connectivity index is 2.48. The fourth-order valence-electron chi connectivity index (χ4n) is 1.94. The summed E-state index contributed by atoms with van der Waals surface area (Å²) in [7, 11) is 1.93. The summed E-state index contributed by atoms with van der Waals surface area (Å²) in [5.74, 6) is 0. The number of nitriles is 1. The predicted octanol–water partition coefficient (Wildman–Crippen LogP) is 2.65. The van der Waals surface area contributed by atoms with Crippen LogP contribution in [0.3, 0.4) is 0 Å². The Morgan fingerprint density at radius 1 is 1.28 bits per heavy atom. The van der Waals surface area contributed by atoms with Crippen molar-refractivity contribution < 1.29 is 0 Å². The average molecular weight is 237 g/mol. The van der Waals surface area contributed by atoms with Gasteiger partial charge in [0.05, 0.1) is 5.56 Å². The van der Waals surface area contributed by atoms with E-state index in [9.17, 15) is 0 Å². The number of benzene rings is 1. The highest BCUT2D eigenvalue weighted by molar-refractivity contribution is 5.68. The average Bonchev–Trinajstić information content (AvgIpc) is 2.41. The smallest absolute Gasteiger partial charge is 0.101 e. The first-order valence-corrected chi connectivity index (χ1v) is 5.84. The second-order valence-corrected chi connectivity index (χ2v) is 4.25. The molecule has 1 N–H and O–H groups in total. The van der Waals surface area contributed by atoms with Gasteiger partial charge < -0.3 is 5.32 Å². The number of nitrogens with one attached hydrogen (secondary N) is 1. The van der Waals surface area contributed by atoms with Crippen LogP contribution in [0.15, 0.2) is 36.7 Å². The highest BCUT2D eigenvalue weighted by Gasteiger charge is 2.05. The third kappa shape index (κ3) is 2.55. The van der Waals surface area contributed by atoms with Crippen LogP contribution in [0.4, 0.5) is 0 Å². The lowest BCUT2D eigenvalue weighted by atomic mass is 9.98. The van der Waals surface area contributed by atoms with E-state index in [0.29, 0.717) is 5.56 Å². The summed E-state index contributed by atoms with van der Waals surface area (Å²) in [5.41, 5.74) is 5.12. The van der Waals surface area contributed by atoms with E-state index in [-0.39, 0.29) is 0 Å². The second-order valence-electron chi connectivity index (χ2n) is 4.25. The van der Waals surface area contributed by atoms with Crippen molar-refractivity contribution in [1.82, 2.24) is 10.3 Å². The molecule has 18 heavy (non-hydrogen) atoms. The second kappa shape index (κ2) is 5.44. The summed E-state index contributed by atoms with van der Waals surface area (Å²) in [4.78, 5) is 4.11. The first-order valence-electron chi connectivity index (χ1n) is 5.84. The van der Waals surface area contributed by atoms with Gasteiger partial charge in [-0.05, 0) is 42.8 Å². The number of hydrogen-bond donors (Lipinski definition) is 1. The molecule has 1 aromatic carbocycles. The molecule has 2 rings (SSSR count). The van der Waals surface area contributed by atoms with Gasteiger partial charge in [-0.25, -0.2) is 0 Å². The van der Waals surface area contributed by atoms with Crippen LogP contribution in [-0.4, -0.2) is 12.0 Å². The lowest BCUT2D eigenvalue weighted by Crippen LogP contribution is -2.05. The Hall–Kier alpha value is -2.18. The van der Waals surface area contributed by atoms with Crippen molar-refractivity contribution in [2.75, 3.05) is 7.05 Å². The van der Waals surface area contributed by atoms with Gasteiger partial charge in [-0.15, -0.1) is 0 Å². The maximum atomic E-state index is 8.92. The van der Waals surface area contributed by atoms with E-state index in [1.54, 1.807) is 12.4 Å². The van der Waals surface area contributed by atoms with E-state index in [2.05, 4.69) is 41.5 Å². The summed E-state index contributed by atoms with van der Waals surface area (Å²) in [5, 5.41) is 12.1. The van der Waals surface area contributed by atoms with Gasteiger partial charge in [-0.1, -0.05) is 12.1 Å². The van der Waals surface area contributed by atoms with Crippen LogP contribution in [-0.2, 0) is 6.54 Å². The maximum Gasteiger partial charge on any atom is 0.101 e. The Morgan fingerprint density at radius 3 is 2.83 bits per heavy atom. The molecule has 0 saturated carbocycles. The van der Waals surface area contributed by atoms with Crippen LogP contribution in [0.25, 0.3) is 11.1 Å². The zero-order valence-corrected chi connectivity index (χ0v) is 10.6. The molecule has 0 aliphatic rings. The van der Waals surface area contributed by atoms with Gasteiger partial charge in [0.1, 0.15) is 6.07 Å². The zero-order valence-electron chi connectivity index (χ0n) is 10.6. The van der Waals surface area contributed by atoms with Crippen molar-refractivity contribution in [3.05, 3.63) is 53.3 Å². The first kappa shape index (κ1) is 12.3. The Morgan fingerprint density at radius 2 is 2.11 bits per heavy atom. The van der Waals surface area contributed by atoms with Crippen molar-refractivity contribution in [2.24, 2.45) is 0 Å². The minimum Gasteiger partial charge on any atom is -0.316 e. The van der Waals surface area contributed by atoms with Crippen molar-refractivity contribution in [3.8, 4) is 17.2 Å². The monoisotopic (exact) mass is 237 g/mol. The summed E-state index contributed by atoms with van der Waals surface area (Å²) >= 11 is 0. The van der Waals surface area contributed by atoms with Crippen LogP contribution in [0, 0.1) is 18.3 Å². The molecule has 1 heterocycles. The lowest BCUT2D eigenvalue weighted by Gasteiger charge is -2.09. The number of rotatable bonds is 3. The van der Waals surface area contributed by atoms with E-state index >= 15 is 0 Å². The molecule has 90 valence electrons. The van der Waals surface area contributed by atoms with Crippen LogP contribution >= 0.6 is 0 Å². The molecule has 0 atom stereocenters. The molecular weight excluding hydrogens is 222 g/mol. The molecule has 0 spiro atoms. The first-order chi connectivity index (χ1) is 8.74. The van der Waals surface area contributed by atoms with Gasteiger partial charge in [0.15, 0.2) is 0 Å². The third-order valence-corrected chi connectivity index (χ3v) is 2.86. The van der Waals surface area contributed by atoms with Crippen molar-refractivity contribution in [2.45, 2.75) is 13.5 Å². The predicted molar refractivity (Wildman–Crippen MR) is 71.9 cm³/mol. The van der Waals surface area contributed by atoms with E-state index < -0.39 is 0 Å². The van der Waals surface area contributed by atoms with Gasteiger partial charge in [0.2, 0.25) is 0 Å². The largest absolute Gasteiger partial charge is 0.316 e. The number of nitrogens with zero attached hydrogens (tertiary/aromatic N) is 2. The molecule has 0 aliphatic carbocycles. The van der Waals surface area contributed by atoms with Crippen LogP contribution < -0.4 is 5.32 Å². The summed E-state index contributed by atoms with van der Waals surface area (Å²) in [6.07, 6.45) is 3.38. The quantitative estimate of drug-likeness (QED) is 0.892. The SMILES string of the molecule is CNCc1ccc(C)c(-c2cncc(C#N)c2)c1. The molecule has 3 nitrogen and oxygen atoms in total. The van der Waals surface area contributed by atoms with E-state index in [1.165, 1.54) is 11.1 Å². The molecule has 0 saturated heterocycles. The lowest BCUT2D eigenvalue weighted by molar-refractivity contribution is 0.818. The standard InChI is InChI=1S/C15H15N3/c1-11-3-4-12(8-17-2)6-15(11)14-5-13(7-16)9-18-10-14/h3-6,9-10,17H,8H2,1-2H3. The molecule has 3 heteroatoms. The Labute approximate surface area is 107 Å². The molecule has 0 aliphatic heterocycles. The van der Waals surface area contributed by atoms with Gasteiger partial charge in [-0.2, -0.15) is 5.26 Å². The highest BCUT2D eigenvalue weighted by atomic mass is 14.8. The van der Waals surface area contributed by atoms with Crippen LogP contribution in [0.1, 0.15) is 16.7 Å². The summed E-state index contributed by atoms with van der Waals surface area (Å²) < 4.78 is 0. The van der Waals surface area contributed by atoms with E-state index in [0.717, 1.165) is 17.7 Å². The normalized spacial score (nSPS) is 10.1. The van der Waals surface area contributed by atoms with Crippen LogP contribution in [0.2, 0.25) is 0 Å². The highest BCUT2D eigenvalue weighted by Crippen LogP contribution is 2.24. The molecular formula is C15H15N3. The van der Waals surface area contributed by atoms with Gasteiger partial charge in [-0.3, -0.25) is 4.98 Å². The number of hydrogen-bond acceptors (Lipinski definition) is 3. The number of aromatic nitrogens is 1. The molecule has 0 amide bonds. The number of pyridine rings is 1. The minimum atomic E-state index is 0.589. The minimum absolute atomic E-state index is 0.589. The maximum absolute atomic E-state index is 8.92. The molecule has 2 aromatic rings. The van der Waals surface area contributed by atoms with E-state index in [4.69, 9.17) is 5.26 Å². The molecule has 0 unspecified atom stereocenters. The fraction of sp³-hybridized carbons (Fsp3) is 0.200. The van der Waals surface area contributed by atoms with Gasteiger partial charge in [0.25, 0.3) is 0 Å². The van der Waals surface area contributed by atoms with Gasteiger partial charge >= 0.3 is 0 Å². The van der Waals surface area contributed by atoms with Crippen molar-refractivity contribution >= 4 is 0 Å². The fourth-order valence-corrected chi connectivity index (χ4v) is 1.94. The van der Waals surface area contributed by atoms with E-state index in [1.807, 2.05) is 13.1 Å². The molecule has 1 aromatic heterocycles. The van der Waals surface area contributed by atoms with Crippen LogP contribution in [0.5, 0.6) is 0 Å². The molecule has 0 fully saturated rings. The topological polar surface area (TPSA) is 48.7 Å². The third-order valence-electron chi connectivity index (χ3n) is 2.86. The number of aryl methyl sites for hydroxylation is 1. The molecule has 0 bridgehead atoms. The molecule has 0 radical (unpaired) electrons.